The molecule has 0 spiro atoms. The number of hydrogen-bond donors (Lipinski definition) is 2. The molecular formula is C22H25N5O2S. The van der Waals surface area contributed by atoms with Crippen molar-refractivity contribution >= 4 is 24.0 Å². The number of aryl methyl sites for hydroxylation is 1. The lowest BCUT2D eigenvalue weighted by atomic mass is 10.1. The zero-order valence-corrected chi connectivity index (χ0v) is 17.9. The topological polar surface area (TPSA) is 80.9 Å². The summed E-state index contributed by atoms with van der Waals surface area (Å²) in [5.74, 6) is 0.252. The van der Waals surface area contributed by atoms with Gasteiger partial charge < -0.3 is 15.2 Å². The molecule has 0 atom stereocenters. The van der Waals surface area contributed by atoms with E-state index in [1.165, 1.54) is 10.2 Å². The van der Waals surface area contributed by atoms with E-state index in [0.29, 0.717) is 22.7 Å². The Morgan fingerprint density at radius 1 is 1.03 bits per heavy atom. The molecule has 2 aromatic carbocycles. The van der Waals surface area contributed by atoms with Gasteiger partial charge in [-0.1, -0.05) is 48.5 Å². The highest BCUT2D eigenvalue weighted by Gasteiger charge is 2.13. The highest BCUT2D eigenvalue weighted by atomic mass is 32.1. The Bertz CT molecular complexity index is 1090. The SMILES string of the molecule is Cc1ccccc1C(=O)NCc1nn(CC(=O)NCCc2ccccc2)c(=S)n1C. The molecule has 30 heavy (non-hydrogen) atoms. The minimum atomic E-state index is -0.174. The second kappa shape index (κ2) is 9.98. The molecule has 8 heteroatoms. The number of benzene rings is 2. The zero-order chi connectivity index (χ0) is 21.5. The molecule has 0 aliphatic rings. The van der Waals surface area contributed by atoms with Crippen LogP contribution in [0.25, 0.3) is 0 Å². The molecule has 0 aliphatic carbocycles. The van der Waals surface area contributed by atoms with Gasteiger partial charge in [-0.05, 0) is 42.8 Å². The summed E-state index contributed by atoms with van der Waals surface area (Å²) in [7, 11) is 1.77. The second-order valence-corrected chi connectivity index (χ2v) is 7.36. The average molecular weight is 424 g/mol. The molecule has 0 saturated heterocycles. The first-order valence-electron chi connectivity index (χ1n) is 9.73. The lowest BCUT2D eigenvalue weighted by Gasteiger charge is -2.07. The summed E-state index contributed by atoms with van der Waals surface area (Å²) in [6, 6.07) is 17.4. The van der Waals surface area contributed by atoms with Gasteiger partial charge in [0, 0.05) is 19.2 Å². The summed E-state index contributed by atoms with van der Waals surface area (Å²) in [6.07, 6.45) is 0.760. The molecule has 0 unspecified atom stereocenters. The summed E-state index contributed by atoms with van der Waals surface area (Å²) < 4.78 is 3.60. The molecule has 0 aliphatic heterocycles. The minimum Gasteiger partial charge on any atom is -0.354 e. The van der Waals surface area contributed by atoms with Crippen molar-refractivity contribution in [2.24, 2.45) is 7.05 Å². The van der Waals surface area contributed by atoms with Gasteiger partial charge in [0.05, 0.1) is 6.54 Å². The minimum absolute atomic E-state index is 0.0349. The van der Waals surface area contributed by atoms with Crippen LogP contribution in [0.2, 0.25) is 0 Å². The third-order valence-corrected chi connectivity index (χ3v) is 5.28. The van der Waals surface area contributed by atoms with Crippen molar-refractivity contribution in [3.05, 3.63) is 81.9 Å². The summed E-state index contributed by atoms with van der Waals surface area (Å²) in [4.78, 5) is 24.7. The normalized spacial score (nSPS) is 10.6. The number of carbonyl (C=O) groups excluding carboxylic acids is 2. The Kier molecular flexibility index (Phi) is 7.13. The van der Waals surface area contributed by atoms with E-state index in [4.69, 9.17) is 12.2 Å². The fourth-order valence-corrected chi connectivity index (χ4v) is 3.27. The van der Waals surface area contributed by atoms with Crippen LogP contribution in [0.1, 0.15) is 27.3 Å². The molecule has 156 valence electrons. The lowest BCUT2D eigenvalue weighted by molar-refractivity contribution is -0.121. The maximum atomic E-state index is 12.4. The van der Waals surface area contributed by atoms with Gasteiger partial charge in [-0.2, -0.15) is 5.10 Å². The van der Waals surface area contributed by atoms with Crippen LogP contribution in [-0.4, -0.2) is 32.7 Å². The van der Waals surface area contributed by atoms with Crippen LogP contribution < -0.4 is 10.6 Å². The van der Waals surface area contributed by atoms with Crippen LogP contribution >= 0.6 is 12.2 Å². The Labute approximate surface area is 180 Å². The molecule has 3 aromatic rings. The summed E-state index contributed by atoms with van der Waals surface area (Å²) in [6.45, 7) is 2.69. The summed E-state index contributed by atoms with van der Waals surface area (Å²) in [5.41, 5.74) is 2.69. The van der Waals surface area contributed by atoms with E-state index < -0.39 is 0 Å². The fourth-order valence-electron chi connectivity index (χ4n) is 3.05. The molecule has 0 saturated carbocycles. The predicted molar refractivity (Wildman–Crippen MR) is 118 cm³/mol. The Hall–Kier alpha value is -3.26. The van der Waals surface area contributed by atoms with Crippen molar-refractivity contribution in [1.82, 2.24) is 25.0 Å². The van der Waals surface area contributed by atoms with Gasteiger partial charge in [0.15, 0.2) is 10.6 Å². The van der Waals surface area contributed by atoms with Gasteiger partial charge in [0.1, 0.15) is 6.54 Å². The second-order valence-electron chi connectivity index (χ2n) is 7.00. The quantitative estimate of drug-likeness (QED) is 0.546. The Balaban J connectivity index is 1.55. The maximum absolute atomic E-state index is 12.4. The molecule has 0 radical (unpaired) electrons. The number of amides is 2. The molecule has 0 bridgehead atoms. The van der Waals surface area contributed by atoms with Gasteiger partial charge in [-0.15, -0.1) is 0 Å². The van der Waals surface area contributed by atoms with Crippen LogP contribution in [0.5, 0.6) is 0 Å². The van der Waals surface area contributed by atoms with Crippen LogP contribution in [0.15, 0.2) is 54.6 Å². The van der Waals surface area contributed by atoms with E-state index >= 15 is 0 Å². The molecule has 0 fully saturated rings. The van der Waals surface area contributed by atoms with E-state index in [-0.39, 0.29) is 24.9 Å². The van der Waals surface area contributed by atoms with Gasteiger partial charge in [-0.3, -0.25) is 9.59 Å². The molecule has 1 heterocycles. The smallest absolute Gasteiger partial charge is 0.251 e. The average Bonchev–Trinajstić information content (AvgIpc) is 3.01. The van der Waals surface area contributed by atoms with E-state index in [0.717, 1.165) is 12.0 Å². The maximum Gasteiger partial charge on any atom is 0.251 e. The van der Waals surface area contributed by atoms with Gasteiger partial charge >= 0.3 is 0 Å². The van der Waals surface area contributed by atoms with Gasteiger partial charge in [0.2, 0.25) is 5.91 Å². The first kappa shape index (κ1) is 21.4. The summed E-state index contributed by atoms with van der Waals surface area (Å²) in [5, 5.41) is 10.2. The molecule has 2 N–H and O–H groups in total. The third-order valence-electron chi connectivity index (χ3n) is 4.80. The first-order chi connectivity index (χ1) is 14.5. The highest BCUT2D eigenvalue weighted by Crippen LogP contribution is 2.07. The Morgan fingerprint density at radius 3 is 2.47 bits per heavy atom. The van der Waals surface area contributed by atoms with Crippen LogP contribution in [0, 0.1) is 11.7 Å². The van der Waals surface area contributed by atoms with Crippen molar-refractivity contribution < 1.29 is 9.59 Å². The first-order valence-corrected chi connectivity index (χ1v) is 10.1. The molecule has 3 rings (SSSR count). The monoisotopic (exact) mass is 423 g/mol. The number of nitrogens with zero attached hydrogens (tertiary/aromatic N) is 3. The van der Waals surface area contributed by atoms with Crippen molar-refractivity contribution in [3.63, 3.8) is 0 Å². The number of carbonyl (C=O) groups is 2. The number of hydrogen-bond acceptors (Lipinski definition) is 4. The molecule has 7 nitrogen and oxygen atoms in total. The standard InChI is InChI=1S/C22H25N5O2S/c1-16-8-6-7-11-18(16)21(29)24-14-19-25-27(22(30)26(19)2)15-20(28)23-13-12-17-9-4-3-5-10-17/h3-11H,12-15H2,1-2H3,(H,23,28)(H,24,29). The van der Waals surface area contributed by atoms with Crippen molar-refractivity contribution in [2.75, 3.05) is 6.54 Å². The number of rotatable bonds is 8. The van der Waals surface area contributed by atoms with E-state index in [1.807, 2.05) is 55.5 Å². The van der Waals surface area contributed by atoms with Crippen molar-refractivity contribution in [3.8, 4) is 0 Å². The highest BCUT2D eigenvalue weighted by molar-refractivity contribution is 7.71. The van der Waals surface area contributed by atoms with Gasteiger partial charge in [-0.25, -0.2) is 4.68 Å². The van der Waals surface area contributed by atoms with Crippen LogP contribution in [0.3, 0.4) is 0 Å². The molecular weight excluding hydrogens is 398 g/mol. The lowest BCUT2D eigenvalue weighted by Crippen LogP contribution is -2.30. The number of nitrogens with one attached hydrogen (secondary N) is 2. The molecule has 2 amide bonds. The van der Waals surface area contributed by atoms with E-state index in [9.17, 15) is 9.59 Å². The third kappa shape index (κ3) is 5.42. The zero-order valence-electron chi connectivity index (χ0n) is 17.1. The van der Waals surface area contributed by atoms with E-state index in [1.54, 1.807) is 17.7 Å². The largest absolute Gasteiger partial charge is 0.354 e. The van der Waals surface area contributed by atoms with Crippen molar-refractivity contribution in [1.29, 1.82) is 0 Å². The number of aromatic nitrogens is 3. The van der Waals surface area contributed by atoms with Gasteiger partial charge in [0.25, 0.3) is 5.91 Å². The summed E-state index contributed by atoms with van der Waals surface area (Å²) >= 11 is 5.39. The van der Waals surface area contributed by atoms with Crippen molar-refractivity contribution in [2.45, 2.75) is 26.4 Å². The fraction of sp³-hybridized carbons (Fsp3) is 0.273. The molecule has 1 aromatic heterocycles. The van der Waals surface area contributed by atoms with Crippen LogP contribution in [0.4, 0.5) is 0 Å². The van der Waals surface area contributed by atoms with E-state index in [2.05, 4.69) is 15.7 Å². The Morgan fingerprint density at radius 2 is 1.73 bits per heavy atom. The predicted octanol–water partition coefficient (Wildman–Crippen LogP) is 2.55. The van der Waals surface area contributed by atoms with Crippen LogP contribution in [-0.2, 0) is 31.4 Å².